The maximum absolute atomic E-state index is 12.0. The molecule has 0 amide bonds. The van der Waals surface area contributed by atoms with Crippen molar-refractivity contribution in [1.29, 1.82) is 0 Å². The fourth-order valence-electron chi connectivity index (χ4n) is 1.77. The molecular formula is C14H26O6. The summed E-state index contributed by atoms with van der Waals surface area (Å²) >= 11 is 0. The van der Waals surface area contributed by atoms with E-state index in [9.17, 15) is 9.59 Å². The van der Waals surface area contributed by atoms with Crippen molar-refractivity contribution in [2.75, 3.05) is 33.5 Å². The minimum absolute atomic E-state index is 0.0198. The molecule has 0 aromatic rings. The zero-order valence-electron chi connectivity index (χ0n) is 12.8. The van der Waals surface area contributed by atoms with Crippen molar-refractivity contribution < 1.29 is 28.9 Å². The first-order valence-electron chi connectivity index (χ1n) is 6.82. The van der Waals surface area contributed by atoms with Crippen LogP contribution >= 0.6 is 0 Å². The Balaban J connectivity index is 4.44. The maximum Gasteiger partial charge on any atom is 0.311 e. The third-order valence-electron chi connectivity index (χ3n) is 2.99. The van der Waals surface area contributed by atoms with Crippen LogP contribution < -0.4 is 0 Å². The second kappa shape index (κ2) is 9.72. The largest absolute Gasteiger partial charge is 0.463 e. The van der Waals surface area contributed by atoms with E-state index in [0.29, 0.717) is 19.4 Å². The molecule has 0 saturated heterocycles. The number of hydrogen-bond acceptors (Lipinski definition) is 6. The third kappa shape index (κ3) is 6.86. The Morgan fingerprint density at radius 2 is 1.80 bits per heavy atom. The van der Waals surface area contributed by atoms with Gasteiger partial charge in [0.05, 0.1) is 24.5 Å². The van der Waals surface area contributed by atoms with Crippen LogP contribution in [-0.2, 0) is 23.8 Å². The normalized spacial score (nSPS) is 12.8. The third-order valence-corrected chi connectivity index (χ3v) is 2.99. The predicted octanol–water partition coefficient (Wildman–Crippen LogP) is 1.15. The van der Waals surface area contributed by atoms with Gasteiger partial charge in [-0.3, -0.25) is 9.59 Å². The molecule has 1 atom stereocenters. The van der Waals surface area contributed by atoms with Gasteiger partial charge >= 0.3 is 11.9 Å². The molecule has 0 aliphatic heterocycles. The monoisotopic (exact) mass is 290 g/mol. The number of rotatable bonds is 10. The summed E-state index contributed by atoms with van der Waals surface area (Å²) in [5.41, 5.74) is -0.771. The Hall–Kier alpha value is -1.14. The van der Waals surface area contributed by atoms with Crippen LogP contribution in [0, 0.1) is 11.3 Å². The van der Waals surface area contributed by atoms with Gasteiger partial charge in [-0.1, -0.05) is 6.92 Å². The molecule has 0 aliphatic rings. The van der Waals surface area contributed by atoms with E-state index in [2.05, 4.69) is 0 Å². The highest BCUT2D eigenvalue weighted by molar-refractivity contribution is 5.78. The highest BCUT2D eigenvalue weighted by atomic mass is 16.6. The quantitative estimate of drug-likeness (QED) is 0.480. The predicted molar refractivity (Wildman–Crippen MR) is 73.1 cm³/mol. The van der Waals surface area contributed by atoms with Crippen LogP contribution in [0.4, 0.5) is 0 Å². The Morgan fingerprint density at radius 1 is 1.15 bits per heavy atom. The molecule has 118 valence electrons. The SMILES string of the molecule is CCC(CC(C)(C)C(=O)OCCOC)C(=O)OCCO. The first-order chi connectivity index (χ1) is 9.38. The van der Waals surface area contributed by atoms with Gasteiger partial charge in [-0.2, -0.15) is 0 Å². The van der Waals surface area contributed by atoms with Crippen LogP contribution in [0.5, 0.6) is 0 Å². The second-order valence-electron chi connectivity index (χ2n) is 5.21. The number of ether oxygens (including phenoxy) is 3. The van der Waals surface area contributed by atoms with Crippen molar-refractivity contribution in [1.82, 2.24) is 0 Å². The van der Waals surface area contributed by atoms with E-state index >= 15 is 0 Å². The summed E-state index contributed by atoms with van der Waals surface area (Å²) in [4.78, 5) is 23.7. The number of esters is 2. The van der Waals surface area contributed by atoms with Gasteiger partial charge in [0.1, 0.15) is 13.2 Å². The lowest BCUT2D eigenvalue weighted by atomic mass is 9.81. The molecule has 1 N–H and O–H groups in total. The molecule has 0 radical (unpaired) electrons. The van der Waals surface area contributed by atoms with E-state index in [1.165, 1.54) is 7.11 Å². The van der Waals surface area contributed by atoms with Crippen LogP contribution in [0.15, 0.2) is 0 Å². The highest BCUT2D eigenvalue weighted by Crippen LogP contribution is 2.29. The minimum atomic E-state index is -0.771. The molecule has 20 heavy (non-hydrogen) atoms. The van der Waals surface area contributed by atoms with Gasteiger partial charge in [0.15, 0.2) is 0 Å². The second-order valence-corrected chi connectivity index (χ2v) is 5.21. The molecule has 0 saturated carbocycles. The lowest BCUT2D eigenvalue weighted by Crippen LogP contribution is -2.33. The summed E-state index contributed by atoms with van der Waals surface area (Å²) in [6, 6.07) is 0. The summed E-state index contributed by atoms with van der Waals surface area (Å²) in [7, 11) is 1.53. The first-order valence-corrected chi connectivity index (χ1v) is 6.82. The Kier molecular flexibility index (Phi) is 9.16. The lowest BCUT2D eigenvalue weighted by molar-refractivity contribution is -0.159. The number of aliphatic hydroxyl groups excluding tert-OH is 1. The summed E-state index contributed by atoms with van der Waals surface area (Å²) in [5.74, 6) is -1.13. The average Bonchev–Trinajstić information content (AvgIpc) is 2.42. The van der Waals surface area contributed by atoms with E-state index in [-0.39, 0.29) is 37.7 Å². The summed E-state index contributed by atoms with van der Waals surface area (Å²) in [6.45, 7) is 5.66. The molecule has 1 unspecified atom stereocenters. The molecule has 0 rings (SSSR count). The van der Waals surface area contributed by atoms with Gasteiger partial charge in [-0.15, -0.1) is 0 Å². The molecular weight excluding hydrogens is 264 g/mol. The van der Waals surface area contributed by atoms with Gasteiger partial charge in [-0.25, -0.2) is 0 Å². The summed E-state index contributed by atoms with van der Waals surface area (Å²) in [5, 5.41) is 8.65. The van der Waals surface area contributed by atoms with Gasteiger partial charge in [0.25, 0.3) is 0 Å². The standard InChI is InChI=1S/C14H26O6/c1-5-11(12(16)19-7-6-15)10-14(2,3)13(17)20-9-8-18-4/h11,15H,5-10H2,1-4H3. The molecule has 6 heteroatoms. The van der Waals surface area contributed by atoms with Crippen LogP contribution in [0.1, 0.15) is 33.6 Å². The lowest BCUT2D eigenvalue weighted by Gasteiger charge is -2.26. The van der Waals surface area contributed by atoms with Crippen LogP contribution in [-0.4, -0.2) is 50.6 Å². The van der Waals surface area contributed by atoms with E-state index in [1.54, 1.807) is 13.8 Å². The number of methoxy groups -OCH3 is 1. The van der Waals surface area contributed by atoms with E-state index < -0.39 is 5.41 Å². The van der Waals surface area contributed by atoms with Gasteiger partial charge in [-0.05, 0) is 26.7 Å². The highest BCUT2D eigenvalue weighted by Gasteiger charge is 2.35. The number of carbonyl (C=O) groups excluding carboxylic acids is 2. The Morgan fingerprint density at radius 3 is 2.30 bits per heavy atom. The number of aliphatic hydroxyl groups is 1. The maximum atomic E-state index is 12.0. The average molecular weight is 290 g/mol. The summed E-state index contributed by atoms with van der Waals surface area (Å²) < 4.78 is 14.8. The van der Waals surface area contributed by atoms with Crippen molar-refractivity contribution in [2.24, 2.45) is 11.3 Å². The molecule has 0 heterocycles. The first kappa shape index (κ1) is 18.9. The Labute approximate surface area is 120 Å². The summed E-state index contributed by atoms with van der Waals surface area (Å²) in [6.07, 6.45) is 0.915. The van der Waals surface area contributed by atoms with Crippen molar-refractivity contribution >= 4 is 11.9 Å². The topological polar surface area (TPSA) is 82.1 Å². The molecule has 0 spiro atoms. The smallest absolute Gasteiger partial charge is 0.311 e. The minimum Gasteiger partial charge on any atom is -0.463 e. The number of hydrogen-bond donors (Lipinski definition) is 1. The van der Waals surface area contributed by atoms with Crippen molar-refractivity contribution in [2.45, 2.75) is 33.6 Å². The van der Waals surface area contributed by atoms with Crippen LogP contribution in [0.25, 0.3) is 0 Å². The fourth-order valence-corrected chi connectivity index (χ4v) is 1.77. The zero-order valence-corrected chi connectivity index (χ0v) is 12.8. The molecule has 0 bridgehead atoms. The molecule has 0 aromatic carbocycles. The van der Waals surface area contributed by atoms with Crippen molar-refractivity contribution in [3.05, 3.63) is 0 Å². The molecule has 0 aromatic heterocycles. The van der Waals surface area contributed by atoms with E-state index in [0.717, 1.165) is 0 Å². The molecule has 0 aliphatic carbocycles. The fraction of sp³-hybridized carbons (Fsp3) is 0.857. The van der Waals surface area contributed by atoms with Crippen LogP contribution in [0.2, 0.25) is 0 Å². The van der Waals surface area contributed by atoms with Gasteiger partial charge in [0.2, 0.25) is 0 Å². The van der Waals surface area contributed by atoms with Crippen molar-refractivity contribution in [3.8, 4) is 0 Å². The Bertz CT molecular complexity index is 300. The van der Waals surface area contributed by atoms with Gasteiger partial charge < -0.3 is 19.3 Å². The van der Waals surface area contributed by atoms with E-state index in [1.807, 2.05) is 6.92 Å². The number of carbonyl (C=O) groups is 2. The van der Waals surface area contributed by atoms with Gasteiger partial charge in [0, 0.05) is 7.11 Å². The molecule has 6 nitrogen and oxygen atoms in total. The van der Waals surface area contributed by atoms with Crippen molar-refractivity contribution in [3.63, 3.8) is 0 Å². The van der Waals surface area contributed by atoms with E-state index in [4.69, 9.17) is 19.3 Å². The zero-order chi connectivity index (χ0) is 15.6. The molecule has 0 fully saturated rings. The van der Waals surface area contributed by atoms with Crippen LogP contribution in [0.3, 0.4) is 0 Å².